The van der Waals surface area contributed by atoms with Gasteiger partial charge in [0.15, 0.2) is 5.82 Å². The number of nitrogens with one attached hydrogen (secondary N) is 1. The predicted octanol–water partition coefficient (Wildman–Crippen LogP) is 5.50. The van der Waals surface area contributed by atoms with Gasteiger partial charge in [0, 0.05) is 41.9 Å². The number of fused-ring (bicyclic) bond motifs is 4. The molecule has 8 rings (SSSR count). The largest absolute Gasteiger partial charge is 0.508 e. The Bertz CT molecular complexity index is 2000. The highest BCUT2D eigenvalue weighted by Crippen LogP contribution is 2.49. The molecule has 0 spiro atoms. The van der Waals surface area contributed by atoms with Gasteiger partial charge in [0.1, 0.15) is 52.9 Å². The van der Waals surface area contributed by atoms with Crippen LogP contribution in [0.15, 0.2) is 24.3 Å². The molecule has 1 unspecified atom stereocenters. The van der Waals surface area contributed by atoms with Gasteiger partial charge in [-0.25, -0.2) is 18.2 Å². The lowest BCUT2D eigenvalue weighted by atomic mass is 9.90. The maximum atomic E-state index is 16.9. The number of nitrogens with two attached hydrogens (primary N) is 1. The van der Waals surface area contributed by atoms with Crippen molar-refractivity contribution in [3.05, 3.63) is 41.5 Å². The Morgan fingerprint density at radius 1 is 1.23 bits per heavy atom. The molecule has 4 aliphatic rings. The lowest BCUT2D eigenvalue weighted by molar-refractivity contribution is 0.107. The van der Waals surface area contributed by atoms with Gasteiger partial charge < -0.3 is 25.6 Å². The molecule has 3 saturated heterocycles. The summed E-state index contributed by atoms with van der Waals surface area (Å²) in [6.07, 6.45) is 8.44. The number of hydrogen-bond acceptors (Lipinski definition) is 9. The van der Waals surface area contributed by atoms with Crippen LogP contribution in [-0.2, 0) is 0 Å². The van der Waals surface area contributed by atoms with Crippen molar-refractivity contribution in [1.82, 2.24) is 25.2 Å². The zero-order valence-corrected chi connectivity index (χ0v) is 26.8. The summed E-state index contributed by atoms with van der Waals surface area (Å²) in [5.74, 6) is 1.15. The van der Waals surface area contributed by atoms with Crippen LogP contribution in [-0.4, -0.2) is 74.6 Å². The minimum atomic E-state index is -0.951. The van der Waals surface area contributed by atoms with Gasteiger partial charge in [-0.3, -0.25) is 4.90 Å². The summed E-state index contributed by atoms with van der Waals surface area (Å²) in [6.45, 7) is 5.33. The van der Waals surface area contributed by atoms with Gasteiger partial charge in [-0.1, -0.05) is 18.9 Å². The number of pyridine rings is 1. The summed E-state index contributed by atoms with van der Waals surface area (Å²) < 4.78 is 59.0. The third-order valence-electron chi connectivity index (χ3n) is 10.9. The van der Waals surface area contributed by atoms with E-state index in [1.807, 2.05) is 6.92 Å². The first-order valence-corrected chi connectivity index (χ1v) is 16.6. The highest BCUT2D eigenvalue weighted by Gasteiger charge is 2.55. The van der Waals surface area contributed by atoms with E-state index in [-0.39, 0.29) is 81.2 Å². The molecule has 1 saturated carbocycles. The molecular weight excluding hydrogens is 621 g/mol. The second kappa shape index (κ2) is 11.4. The van der Waals surface area contributed by atoms with E-state index < -0.39 is 23.3 Å². The second-order valence-electron chi connectivity index (χ2n) is 13.8. The van der Waals surface area contributed by atoms with Crippen LogP contribution < -0.4 is 20.5 Å². The van der Waals surface area contributed by atoms with Gasteiger partial charge in [0.05, 0.1) is 11.1 Å². The van der Waals surface area contributed by atoms with Crippen molar-refractivity contribution in [1.29, 1.82) is 0 Å². The molecule has 3 aliphatic heterocycles. The molecule has 4 fully saturated rings. The third kappa shape index (κ3) is 4.89. The highest BCUT2D eigenvalue weighted by atomic mass is 19.1. The Morgan fingerprint density at radius 3 is 2.85 bits per heavy atom. The Hall–Kier alpha value is -4.34. The van der Waals surface area contributed by atoms with Crippen LogP contribution in [0.5, 0.6) is 17.6 Å². The molecule has 1 aliphatic carbocycles. The van der Waals surface area contributed by atoms with Crippen molar-refractivity contribution >= 4 is 27.5 Å². The zero-order chi connectivity index (χ0) is 33.5. The second-order valence-corrected chi connectivity index (χ2v) is 13.8. The average Bonchev–Trinajstić information content (AvgIpc) is 3.37. The quantitative estimate of drug-likeness (QED) is 0.211. The van der Waals surface area contributed by atoms with Crippen LogP contribution in [0, 0.1) is 35.8 Å². The fraction of sp³-hybridized carbons (Fsp3) is 0.472. The number of alkyl halides is 1. The van der Waals surface area contributed by atoms with E-state index in [0.29, 0.717) is 30.3 Å². The Kier molecular flexibility index (Phi) is 7.34. The van der Waals surface area contributed by atoms with Crippen LogP contribution in [0.3, 0.4) is 0 Å². The van der Waals surface area contributed by atoms with Crippen molar-refractivity contribution in [3.63, 3.8) is 0 Å². The first kappa shape index (κ1) is 31.0. The van der Waals surface area contributed by atoms with Crippen molar-refractivity contribution in [2.45, 2.75) is 75.8 Å². The van der Waals surface area contributed by atoms with Gasteiger partial charge in [0.25, 0.3) is 0 Å². The van der Waals surface area contributed by atoms with Crippen LogP contribution in [0.25, 0.3) is 32.9 Å². The molecule has 9 nitrogen and oxygen atoms in total. The number of phenols is 1. The molecule has 0 radical (unpaired) electrons. The standard InChI is InChI=1S/C36H37F3N6O3/c1-4-21-24(38)8-7-18-11-20(46)12-23(28(18)21)31-30(39)32-29(34(42-31)48-17(3)27-22-13-26(22)41-25(27)5-2)33(40)44-35(43-32)47-16-36-9-6-10-45(36)15-19(37)14-36/h1,7-8,11-12,17,19,22,25-27,41,46H,5-6,9-10,13-16H2,2-3H3,(H2,40,43,44)/t17-,19+,22?,25-,26-,27-,36-/m0/s1. The highest BCUT2D eigenvalue weighted by molar-refractivity contribution is 6.03. The minimum absolute atomic E-state index is 0.00341. The summed E-state index contributed by atoms with van der Waals surface area (Å²) in [5.41, 5.74) is 5.52. The first-order valence-electron chi connectivity index (χ1n) is 16.6. The maximum Gasteiger partial charge on any atom is 0.319 e. The van der Waals surface area contributed by atoms with E-state index in [9.17, 15) is 9.50 Å². The number of phenolic OH excluding ortho intramolecular Hbond substituents is 1. The summed E-state index contributed by atoms with van der Waals surface area (Å²) in [4.78, 5) is 15.6. The van der Waals surface area contributed by atoms with Crippen molar-refractivity contribution in [3.8, 4) is 41.2 Å². The number of nitrogens with zero attached hydrogens (tertiary/aromatic N) is 4. The van der Waals surface area contributed by atoms with E-state index in [4.69, 9.17) is 21.6 Å². The summed E-state index contributed by atoms with van der Waals surface area (Å²) in [7, 11) is 0. The number of benzene rings is 2. The normalized spacial score (nSPS) is 28.4. The number of terminal acetylenes is 1. The molecule has 48 heavy (non-hydrogen) atoms. The summed E-state index contributed by atoms with van der Waals surface area (Å²) in [5, 5.41) is 15.0. The zero-order valence-electron chi connectivity index (χ0n) is 26.8. The molecular formula is C36H37F3N6O3. The molecule has 5 heterocycles. The maximum absolute atomic E-state index is 16.9. The molecule has 12 heteroatoms. The molecule has 250 valence electrons. The van der Waals surface area contributed by atoms with Crippen LogP contribution in [0.1, 0.15) is 51.5 Å². The lowest BCUT2D eigenvalue weighted by Crippen LogP contribution is -2.43. The summed E-state index contributed by atoms with van der Waals surface area (Å²) in [6, 6.07) is 5.90. The van der Waals surface area contributed by atoms with Gasteiger partial charge in [-0.15, -0.1) is 6.42 Å². The van der Waals surface area contributed by atoms with Crippen molar-refractivity contribution in [2.24, 2.45) is 11.8 Å². The Balaban J connectivity index is 1.28. The number of aromatic nitrogens is 3. The number of hydrogen-bond donors (Lipinski definition) is 3. The van der Waals surface area contributed by atoms with Crippen LogP contribution in [0.4, 0.5) is 19.0 Å². The van der Waals surface area contributed by atoms with Gasteiger partial charge in [0.2, 0.25) is 5.88 Å². The number of ether oxygens (including phenoxy) is 2. The number of anilines is 1. The third-order valence-corrected chi connectivity index (χ3v) is 10.9. The summed E-state index contributed by atoms with van der Waals surface area (Å²) >= 11 is 0. The van der Waals surface area contributed by atoms with Gasteiger partial charge in [-0.2, -0.15) is 9.97 Å². The first-order chi connectivity index (χ1) is 23.1. The van der Waals surface area contributed by atoms with E-state index in [2.05, 4.69) is 38.0 Å². The smallest absolute Gasteiger partial charge is 0.319 e. The molecule has 0 amide bonds. The number of nitrogen functional groups attached to an aromatic ring is 1. The number of rotatable bonds is 8. The van der Waals surface area contributed by atoms with E-state index in [0.717, 1.165) is 32.2 Å². The van der Waals surface area contributed by atoms with Gasteiger partial charge >= 0.3 is 6.01 Å². The topological polar surface area (TPSA) is 119 Å². The molecule has 2 aromatic carbocycles. The Labute approximate surface area is 276 Å². The van der Waals surface area contributed by atoms with E-state index >= 15 is 8.78 Å². The predicted molar refractivity (Wildman–Crippen MR) is 175 cm³/mol. The van der Waals surface area contributed by atoms with Crippen LogP contribution in [0.2, 0.25) is 0 Å². The molecule has 4 N–H and O–H groups in total. The van der Waals surface area contributed by atoms with Crippen molar-refractivity contribution in [2.75, 3.05) is 25.4 Å². The number of piperidine rings is 1. The molecule has 2 aromatic heterocycles. The van der Waals surface area contributed by atoms with Crippen LogP contribution >= 0.6 is 0 Å². The minimum Gasteiger partial charge on any atom is -0.508 e. The molecule has 0 bridgehead atoms. The fourth-order valence-electron chi connectivity index (χ4n) is 8.71. The number of halogens is 3. The SMILES string of the molecule is C#Cc1c(F)ccc2cc(O)cc(-c3nc(O[C@@H](C)[C@H]4C5C[C@@H]5N[C@H]4CC)c4c(N)nc(OC[C@@]56CCCN5C[C@H](F)C6)nc4c3F)c12. The molecule has 7 atom stereocenters. The van der Waals surface area contributed by atoms with E-state index in [1.165, 1.54) is 24.3 Å². The average molecular weight is 659 g/mol. The van der Waals surface area contributed by atoms with E-state index in [1.54, 1.807) is 0 Å². The lowest BCUT2D eigenvalue weighted by Gasteiger charge is -2.30. The number of aromatic hydroxyl groups is 1. The Morgan fingerprint density at radius 2 is 2.06 bits per heavy atom. The van der Waals surface area contributed by atoms with Gasteiger partial charge in [-0.05, 0) is 68.7 Å². The monoisotopic (exact) mass is 658 g/mol. The molecule has 4 aromatic rings. The fourth-order valence-corrected chi connectivity index (χ4v) is 8.71. The van der Waals surface area contributed by atoms with Crippen molar-refractivity contribution < 1.29 is 27.8 Å².